The first-order valence-corrected chi connectivity index (χ1v) is 3.87. The highest BCUT2D eigenvalue weighted by atomic mass is 16.5. The molecule has 0 radical (unpaired) electrons. The normalized spacial score (nSPS) is 9.64. The van der Waals surface area contributed by atoms with E-state index in [-0.39, 0.29) is 5.97 Å². The van der Waals surface area contributed by atoms with Crippen LogP contribution in [0.2, 0.25) is 0 Å². The van der Waals surface area contributed by atoms with Gasteiger partial charge >= 0.3 is 5.97 Å². The molecule has 66 valence electrons. The molecule has 0 spiro atoms. The van der Waals surface area contributed by atoms with Gasteiger partial charge in [-0.1, -0.05) is 0 Å². The highest BCUT2D eigenvalue weighted by molar-refractivity contribution is 5.69. The van der Waals surface area contributed by atoms with Crippen LogP contribution < -0.4 is 11.5 Å². The number of hydrogen-bond acceptors (Lipinski definition) is 4. The molecule has 0 saturated carbocycles. The first-order chi connectivity index (χ1) is 5.31. The number of hydrogen-bond donors (Lipinski definition) is 2. The van der Waals surface area contributed by atoms with Gasteiger partial charge in [-0.25, -0.2) is 0 Å². The Morgan fingerprint density at radius 1 is 1.18 bits per heavy atom. The fraction of sp³-hybridized carbons (Fsp3) is 0.857. The minimum absolute atomic E-state index is 0.177. The van der Waals surface area contributed by atoms with E-state index >= 15 is 0 Å². The average molecular weight is 160 g/mol. The lowest BCUT2D eigenvalue weighted by molar-refractivity contribution is -0.143. The van der Waals surface area contributed by atoms with Crippen molar-refractivity contribution in [1.29, 1.82) is 0 Å². The van der Waals surface area contributed by atoms with Gasteiger partial charge in [0.1, 0.15) is 0 Å². The lowest BCUT2D eigenvalue weighted by Gasteiger charge is -2.01. The molecule has 0 aliphatic heterocycles. The Balaban J connectivity index is 3.09. The second kappa shape index (κ2) is 7.50. The summed E-state index contributed by atoms with van der Waals surface area (Å²) >= 11 is 0. The Morgan fingerprint density at radius 3 is 2.36 bits per heavy atom. The van der Waals surface area contributed by atoms with Gasteiger partial charge in [0.25, 0.3) is 0 Å². The third kappa shape index (κ3) is 7.29. The van der Waals surface area contributed by atoms with Crippen LogP contribution in [0, 0.1) is 0 Å². The summed E-state index contributed by atoms with van der Waals surface area (Å²) in [6.07, 6.45) is 1.84. The van der Waals surface area contributed by atoms with Gasteiger partial charge in [-0.3, -0.25) is 4.79 Å². The number of nitrogens with two attached hydrogens (primary N) is 2. The van der Waals surface area contributed by atoms with E-state index in [9.17, 15) is 4.79 Å². The summed E-state index contributed by atoms with van der Waals surface area (Å²) in [5, 5.41) is 0. The van der Waals surface area contributed by atoms with Crippen LogP contribution in [0.25, 0.3) is 0 Å². The first-order valence-electron chi connectivity index (χ1n) is 3.87. The molecule has 0 atom stereocenters. The van der Waals surface area contributed by atoms with Crippen LogP contribution in [0.4, 0.5) is 0 Å². The van der Waals surface area contributed by atoms with E-state index in [1.165, 1.54) is 0 Å². The van der Waals surface area contributed by atoms with Crippen molar-refractivity contribution < 1.29 is 9.53 Å². The minimum atomic E-state index is -0.177. The molecule has 0 heterocycles. The maximum absolute atomic E-state index is 10.8. The van der Waals surface area contributed by atoms with Crippen LogP contribution in [0.3, 0.4) is 0 Å². The highest BCUT2D eigenvalue weighted by Gasteiger charge is 1.99. The molecule has 0 unspecified atom stereocenters. The number of carbonyl (C=O) groups is 1. The zero-order valence-corrected chi connectivity index (χ0v) is 6.71. The van der Waals surface area contributed by atoms with Crippen molar-refractivity contribution in [2.24, 2.45) is 11.5 Å². The predicted molar refractivity (Wildman–Crippen MR) is 42.9 cm³/mol. The van der Waals surface area contributed by atoms with E-state index in [4.69, 9.17) is 16.2 Å². The number of ether oxygens (including phenoxy) is 1. The van der Waals surface area contributed by atoms with Crippen LogP contribution in [0.5, 0.6) is 0 Å². The van der Waals surface area contributed by atoms with Crippen molar-refractivity contribution in [3.05, 3.63) is 0 Å². The second-order valence-corrected chi connectivity index (χ2v) is 2.25. The molecule has 0 aliphatic carbocycles. The molecule has 0 rings (SSSR count). The third-order valence-electron chi connectivity index (χ3n) is 1.20. The van der Waals surface area contributed by atoms with E-state index in [1.54, 1.807) is 0 Å². The third-order valence-corrected chi connectivity index (χ3v) is 1.20. The first kappa shape index (κ1) is 10.4. The Morgan fingerprint density at radius 2 is 1.82 bits per heavy atom. The van der Waals surface area contributed by atoms with Crippen LogP contribution in [-0.4, -0.2) is 25.7 Å². The Hall–Kier alpha value is -0.610. The van der Waals surface area contributed by atoms with Crippen molar-refractivity contribution >= 4 is 5.97 Å². The maximum Gasteiger partial charge on any atom is 0.305 e. The van der Waals surface area contributed by atoms with E-state index in [0.29, 0.717) is 32.5 Å². The molecular weight excluding hydrogens is 144 g/mol. The van der Waals surface area contributed by atoms with Gasteiger partial charge in [-0.05, 0) is 25.9 Å². The summed E-state index contributed by atoms with van der Waals surface area (Å²) in [6, 6.07) is 0. The summed E-state index contributed by atoms with van der Waals surface area (Å²) in [6.45, 7) is 1.52. The van der Waals surface area contributed by atoms with Gasteiger partial charge in [0.05, 0.1) is 6.61 Å². The molecule has 0 bridgehead atoms. The monoisotopic (exact) mass is 160 g/mol. The second-order valence-electron chi connectivity index (χ2n) is 2.25. The average Bonchev–Trinajstić information content (AvgIpc) is 2.01. The van der Waals surface area contributed by atoms with Gasteiger partial charge in [-0.15, -0.1) is 0 Å². The van der Waals surface area contributed by atoms with Crippen LogP contribution >= 0.6 is 0 Å². The molecule has 0 saturated heterocycles. The van der Waals surface area contributed by atoms with Gasteiger partial charge in [-0.2, -0.15) is 0 Å². The number of esters is 1. The van der Waals surface area contributed by atoms with Crippen LogP contribution in [0.1, 0.15) is 19.3 Å². The van der Waals surface area contributed by atoms with Crippen molar-refractivity contribution in [2.75, 3.05) is 19.7 Å². The summed E-state index contributed by atoms with van der Waals surface area (Å²) in [4.78, 5) is 10.8. The molecule has 11 heavy (non-hydrogen) atoms. The van der Waals surface area contributed by atoms with Gasteiger partial charge < -0.3 is 16.2 Å². The van der Waals surface area contributed by atoms with E-state index in [2.05, 4.69) is 0 Å². The van der Waals surface area contributed by atoms with Crippen molar-refractivity contribution in [2.45, 2.75) is 19.3 Å². The molecule has 0 aromatic heterocycles. The molecule has 4 heteroatoms. The molecular formula is C7H16N2O2. The Bertz CT molecular complexity index is 107. The maximum atomic E-state index is 10.8. The number of rotatable bonds is 6. The molecule has 0 aromatic carbocycles. The minimum Gasteiger partial charge on any atom is -0.466 e. The standard InChI is InChI=1S/C7H16N2O2/c8-4-1-3-7(10)11-6-2-5-9/h1-6,8-9H2. The smallest absolute Gasteiger partial charge is 0.305 e. The zero-order valence-electron chi connectivity index (χ0n) is 6.71. The SMILES string of the molecule is NCCCOC(=O)CCCN. The lowest BCUT2D eigenvalue weighted by Crippen LogP contribution is -2.11. The number of carbonyl (C=O) groups excluding carboxylic acids is 1. The van der Waals surface area contributed by atoms with Crippen molar-refractivity contribution in [3.63, 3.8) is 0 Å². The van der Waals surface area contributed by atoms with Gasteiger partial charge in [0.15, 0.2) is 0 Å². The fourth-order valence-corrected chi connectivity index (χ4v) is 0.588. The largest absolute Gasteiger partial charge is 0.466 e. The quantitative estimate of drug-likeness (QED) is 0.410. The van der Waals surface area contributed by atoms with Crippen molar-refractivity contribution in [1.82, 2.24) is 0 Å². The Kier molecular flexibility index (Phi) is 7.08. The summed E-state index contributed by atoms with van der Waals surface area (Å²) in [7, 11) is 0. The summed E-state index contributed by atoms with van der Waals surface area (Å²) < 4.78 is 4.81. The van der Waals surface area contributed by atoms with E-state index in [1.807, 2.05) is 0 Å². The molecule has 4 N–H and O–H groups in total. The van der Waals surface area contributed by atoms with Gasteiger partial charge in [0.2, 0.25) is 0 Å². The van der Waals surface area contributed by atoms with Crippen LogP contribution in [0.15, 0.2) is 0 Å². The molecule has 0 aromatic rings. The lowest BCUT2D eigenvalue weighted by atomic mass is 10.3. The van der Waals surface area contributed by atoms with Crippen molar-refractivity contribution in [3.8, 4) is 0 Å². The molecule has 0 fully saturated rings. The Labute approximate surface area is 66.9 Å². The topological polar surface area (TPSA) is 78.3 Å². The summed E-state index contributed by atoms with van der Waals surface area (Å²) in [5.41, 5.74) is 10.4. The van der Waals surface area contributed by atoms with Crippen LogP contribution in [-0.2, 0) is 9.53 Å². The van der Waals surface area contributed by atoms with E-state index in [0.717, 1.165) is 6.42 Å². The molecule has 0 aliphatic rings. The van der Waals surface area contributed by atoms with Gasteiger partial charge in [0, 0.05) is 6.42 Å². The van der Waals surface area contributed by atoms with E-state index < -0.39 is 0 Å². The summed E-state index contributed by atoms with van der Waals surface area (Å²) in [5.74, 6) is -0.177. The molecule has 0 amide bonds. The zero-order chi connectivity index (χ0) is 8.53. The molecule has 4 nitrogen and oxygen atoms in total. The highest BCUT2D eigenvalue weighted by Crippen LogP contribution is 1.91. The predicted octanol–water partition coefficient (Wildman–Crippen LogP) is -0.383. The fourth-order valence-electron chi connectivity index (χ4n) is 0.588.